The molecule has 2 aliphatic rings. The summed E-state index contributed by atoms with van der Waals surface area (Å²) in [5, 5.41) is 9.38. The van der Waals surface area contributed by atoms with Crippen LogP contribution in [0.5, 0.6) is 0 Å². The molecule has 1 aliphatic carbocycles. The van der Waals surface area contributed by atoms with Crippen LogP contribution in [0.4, 0.5) is 5.69 Å². The van der Waals surface area contributed by atoms with Gasteiger partial charge in [0.1, 0.15) is 0 Å². The Hall–Kier alpha value is -2.36. The molecule has 1 saturated carbocycles. The smallest absolute Gasteiger partial charge is 0.235 e. The van der Waals surface area contributed by atoms with E-state index in [0.29, 0.717) is 31.7 Å². The van der Waals surface area contributed by atoms with Crippen molar-refractivity contribution in [2.45, 2.75) is 35.8 Å². The summed E-state index contributed by atoms with van der Waals surface area (Å²) in [6.07, 6.45) is 1.79. The molecule has 0 radical (unpaired) electrons. The van der Waals surface area contributed by atoms with Gasteiger partial charge in [-0.15, -0.1) is 0 Å². The zero-order chi connectivity index (χ0) is 18.9. The van der Waals surface area contributed by atoms with E-state index in [9.17, 15) is 13.7 Å². The predicted molar refractivity (Wildman–Crippen MR) is 104 cm³/mol. The highest BCUT2D eigenvalue weighted by Gasteiger charge is 2.56. The van der Waals surface area contributed by atoms with Crippen molar-refractivity contribution < 1.29 is 13.2 Å². The normalized spacial score (nSPS) is 25.5. The maximum absolute atomic E-state index is 12.6. The minimum absolute atomic E-state index is 0.0810. The van der Waals surface area contributed by atoms with Crippen LogP contribution in [0.25, 0.3) is 0 Å². The highest BCUT2D eigenvalue weighted by Crippen LogP contribution is 2.60. The quantitative estimate of drug-likeness (QED) is 0.858. The molecule has 0 amide bonds. The number of nitrogens with zero attached hydrogens (tertiary/aromatic N) is 1. The van der Waals surface area contributed by atoms with E-state index >= 15 is 0 Å². The topological polar surface area (TPSA) is 79.2 Å². The Morgan fingerprint density at radius 2 is 1.81 bits per heavy atom. The molecule has 27 heavy (non-hydrogen) atoms. The van der Waals surface area contributed by atoms with E-state index < -0.39 is 20.7 Å². The third kappa shape index (κ3) is 3.45. The molecule has 2 aromatic carbocycles. The van der Waals surface area contributed by atoms with Gasteiger partial charge in [0.15, 0.2) is 0 Å². The lowest BCUT2D eigenvalue weighted by Crippen LogP contribution is -2.33. The Bertz CT molecular complexity index is 962. The fourth-order valence-corrected chi connectivity index (χ4v) is 5.40. The number of anilines is 1. The number of nitrogens with one attached hydrogen (secondary N) is 1. The Morgan fingerprint density at radius 3 is 2.52 bits per heavy atom. The van der Waals surface area contributed by atoms with Gasteiger partial charge in [0.2, 0.25) is 10.0 Å². The molecule has 6 heteroatoms. The van der Waals surface area contributed by atoms with Crippen molar-refractivity contribution in [3.05, 3.63) is 65.7 Å². The van der Waals surface area contributed by atoms with Gasteiger partial charge in [0.05, 0.1) is 16.7 Å². The van der Waals surface area contributed by atoms with Gasteiger partial charge in [0.25, 0.3) is 0 Å². The van der Waals surface area contributed by atoms with Crippen LogP contribution in [-0.2, 0) is 20.2 Å². The lowest BCUT2D eigenvalue weighted by atomic mass is 9.92. The van der Waals surface area contributed by atoms with E-state index in [1.165, 1.54) is 0 Å². The standard InChI is InChI=1S/C21H22N2O3S/c22-15-21(17-6-2-1-3-7-17)14-20(21)16-5-4-8-18(13-16)23-27(24,25)19-9-11-26-12-10-19/h1-8,13,19-20,23H,9-12,14H2. The summed E-state index contributed by atoms with van der Waals surface area (Å²) < 4.78 is 33.3. The third-order valence-electron chi connectivity index (χ3n) is 5.61. The number of nitriles is 1. The molecule has 2 fully saturated rings. The number of ether oxygens (including phenoxy) is 1. The lowest BCUT2D eigenvalue weighted by Gasteiger charge is -2.23. The van der Waals surface area contributed by atoms with Gasteiger partial charge >= 0.3 is 0 Å². The van der Waals surface area contributed by atoms with Gasteiger partial charge in [-0.05, 0) is 42.5 Å². The maximum atomic E-state index is 12.6. The summed E-state index contributed by atoms with van der Waals surface area (Å²) in [4.78, 5) is 0. The van der Waals surface area contributed by atoms with Crippen LogP contribution >= 0.6 is 0 Å². The molecular formula is C21H22N2O3S. The lowest BCUT2D eigenvalue weighted by molar-refractivity contribution is 0.0984. The van der Waals surface area contributed by atoms with Gasteiger partial charge in [-0.1, -0.05) is 42.5 Å². The van der Waals surface area contributed by atoms with E-state index in [-0.39, 0.29) is 5.92 Å². The molecule has 1 heterocycles. The molecule has 1 N–H and O–H groups in total. The highest BCUT2D eigenvalue weighted by atomic mass is 32.2. The van der Waals surface area contributed by atoms with Gasteiger partial charge in [-0.3, -0.25) is 4.72 Å². The van der Waals surface area contributed by atoms with E-state index in [1.54, 1.807) is 6.07 Å². The monoisotopic (exact) mass is 382 g/mol. The second-order valence-corrected chi connectivity index (χ2v) is 9.25. The minimum atomic E-state index is -3.44. The average molecular weight is 382 g/mol. The third-order valence-corrected chi connectivity index (χ3v) is 7.47. The van der Waals surface area contributed by atoms with Crippen molar-refractivity contribution in [1.82, 2.24) is 0 Å². The first-order valence-electron chi connectivity index (χ1n) is 9.21. The molecule has 0 spiro atoms. The van der Waals surface area contributed by atoms with E-state index in [2.05, 4.69) is 10.8 Å². The molecule has 2 aromatic rings. The number of rotatable bonds is 5. The van der Waals surface area contributed by atoms with Crippen molar-refractivity contribution in [3.63, 3.8) is 0 Å². The summed E-state index contributed by atoms with van der Waals surface area (Å²) in [6.45, 7) is 0.963. The van der Waals surface area contributed by atoms with Gasteiger partial charge < -0.3 is 4.74 Å². The zero-order valence-electron chi connectivity index (χ0n) is 15.0. The molecule has 4 rings (SSSR count). The molecule has 140 valence electrons. The van der Waals surface area contributed by atoms with Crippen LogP contribution < -0.4 is 4.72 Å². The summed E-state index contributed by atoms with van der Waals surface area (Å²) in [5.74, 6) is 0.0810. The summed E-state index contributed by atoms with van der Waals surface area (Å²) >= 11 is 0. The highest BCUT2D eigenvalue weighted by molar-refractivity contribution is 7.93. The Labute approximate surface area is 160 Å². The molecule has 0 aromatic heterocycles. The molecule has 1 aliphatic heterocycles. The first-order chi connectivity index (χ1) is 13.0. The largest absolute Gasteiger partial charge is 0.381 e. The van der Waals surface area contributed by atoms with Crippen LogP contribution in [-0.4, -0.2) is 26.9 Å². The van der Waals surface area contributed by atoms with Crippen molar-refractivity contribution in [1.29, 1.82) is 5.26 Å². The first-order valence-corrected chi connectivity index (χ1v) is 10.8. The van der Waals surface area contributed by atoms with Crippen LogP contribution in [0.1, 0.15) is 36.3 Å². The van der Waals surface area contributed by atoms with E-state index in [0.717, 1.165) is 17.5 Å². The fraction of sp³-hybridized carbons (Fsp3) is 0.381. The zero-order valence-corrected chi connectivity index (χ0v) is 15.8. The predicted octanol–water partition coefficient (Wildman–Crippen LogP) is 3.56. The van der Waals surface area contributed by atoms with Crippen molar-refractivity contribution in [2.75, 3.05) is 17.9 Å². The van der Waals surface area contributed by atoms with Crippen molar-refractivity contribution in [3.8, 4) is 6.07 Å². The number of benzene rings is 2. The van der Waals surface area contributed by atoms with Crippen molar-refractivity contribution >= 4 is 15.7 Å². The maximum Gasteiger partial charge on any atom is 0.235 e. The van der Waals surface area contributed by atoms with Crippen LogP contribution in [0.15, 0.2) is 54.6 Å². The Balaban J connectivity index is 1.55. The van der Waals surface area contributed by atoms with E-state index in [1.807, 2.05) is 48.5 Å². The molecule has 1 saturated heterocycles. The molecular weight excluding hydrogens is 360 g/mol. The van der Waals surface area contributed by atoms with Crippen LogP contribution in [0.2, 0.25) is 0 Å². The minimum Gasteiger partial charge on any atom is -0.381 e. The van der Waals surface area contributed by atoms with Crippen LogP contribution in [0.3, 0.4) is 0 Å². The first kappa shape index (κ1) is 18.0. The second kappa shape index (κ2) is 6.99. The number of hydrogen-bond acceptors (Lipinski definition) is 4. The summed E-state index contributed by atoms with van der Waals surface area (Å²) in [7, 11) is -3.44. The van der Waals surface area contributed by atoms with Gasteiger partial charge in [-0.2, -0.15) is 5.26 Å². The van der Waals surface area contributed by atoms with Gasteiger partial charge in [0, 0.05) is 24.8 Å². The Kier molecular flexibility index (Phi) is 4.67. The molecule has 2 unspecified atom stereocenters. The van der Waals surface area contributed by atoms with Crippen LogP contribution in [0, 0.1) is 11.3 Å². The van der Waals surface area contributed by atoms with Crippen molar-refractivity contribution in [2.24, 2.45) is 0 Å². The SMILES string of the molecule is N#CC1(c2ccccc2)CC1c1cccc(NS(=O)(=O)C2CCOCC2)c1. The molecule has 5 nitrogen and oxygen atoms in total. The van der Waals surface area contributed by atoms with E-state index in [4.69, 9.17) is 4.74 Å². The number of sulfonamides is 1. The molecule has 2 atom stereocenters. The fourth-order valence-electron chi connectivity index (χ4n) is 3.96. The summed E-state index contributed by atoms with van der Waals surface area (Å²) in [5.41, 5.74) is 2.06. The van der Waals surface area contributed by atoms with Gasteiger partial charge in [-0.25, -0.2) is 8.42 Å². The number of hydrogen-bond donors (Lipinski definition) is 1. The molecule has 0 bridgehead atoms. The summed E-state index contributed by atoms with van der Waals surface area (Å²) in [6, 6.07) is 19.7. The second-order valence-electron chi connectivity index (χ2n) is 7.29. The Morgan fingerprint density at radius 1 is 1.07 bits per heavy atom. The average Bonchev–Trinajstić information content (AvgIpc) is 3.46.